The molecule has 3 nitrogen and oxygen atoms in total. The quantitative estimate of drug-likeness (QED) is 0.669. The Kier molecular flexibility index (Phi) is 8.74. The van der Waals surface area contributed by atoms with Crippen LogP contribution in [0, 0.1) is 0 Å². The summed E-state index contributed by atoms with van der Waals surface area (Å²) in [4.78, 5) is 0. The summed E-state index contributed by atoms with van der Waals surface area (Å²) in [6.45, 7) is 8.66. The molecule has 0 fully saturated rings. The van der Waals surface area contributed by atoms with E-state index in [-0.39, 0.29) is 0 Å². The number of rotatable bonds is 10. The molecule has 1 atom stereocenters. The molecule has 19 heavy (non-hydrogen) atoms. The van der Waals surface area contributed by atoms with Crippen molar-refractivity contribution in [1.82, 2.24) is 5.32 Å². The van der Waals surface area contributed by atoms with Gasteiger partial charge in [-0.15, -0.1) is 0 Å². The highest BCUT2D eigenvalue weighted by atomic mass is 28.3. The van der Waals surface area contributed by atoms with Gasteiger partial charge in [-0.3, -0.25) is 0 Å². The van der Waals surface area contributed by atoms with Crippen molar-refractivity contribution in [2.75, 3.05) is 13.2 Å². The van der Waals surface area contributed by atoms with E-state index in [0.29, 0.717) is 5.67 Å². The molecule has 0 spiro atoms. The minimum Gasteiger partial charge on any atom is -0.396 e. The van der Waals surface area contributed by atoms with E-state index >= 15 is 0 Å². The molecule has 0 amide bonds. The summed E-state index contributed by atoms with van der Waals surface area (Å²) in [5.41, 5.74) is 1.69. The predicted molar refractivity (Wildman–Crippen MR) is 82.4 cm³/mol. The molecular formula is C15H27NO2Si. The van der Waals surface area contributed by atoms with E-state index in [1.54, 1.807) is 0 Å². The molecule has 1 unspecified atom stereocenters. The minimum absolute atomic E-state index is 0.380. The van der Waals surface area contributed by atoms with Crippen LogP contribution in [0.15, 0.2) is 30.3 Å². The topological polar surface area (TPSA) is 30.5 Å². The standard InChI is InChI=1S/C15H27NO2Si/c1-4-10-15(19(17-5-2)18-6-3)16-13-14-11-8-7-9-12-14/h7-9,11-12,15-16,19H,4-6,10,13H2,1-3H3. The van der Waals surface area contributed by atoms with Crippen LogP contribution in [-0.2, 0) is 15.4 Å². The number of benzene rings is 1. The molecule has 4 heteroatoms. The lowest BCUT2D eigenvalue weighted by molar-refractivity contribution is 0.197. The third-order valence-electron chi connectivity index (χ3n) is 3.00. The summed E-state index contributed by atoms with van der Waals surface area (Å²) in [7, 11) is -1.62. The van der Waals surface area contributed by atoms with E-state index in [4.69, 9.17) is 8.85 Å². The van der Waals surface area contributed by atoms with Crippen molar-refractivity contribution in [2.24, 2.45) is 0 Å². The lowest BCUT2D eigenvalue weighted by Crippen LogP contribution is -2.46. The van der Waals surface area contributed by atoms with Gasteiger partial charge in [0.2, 0.25) is 0 Å². The fourth-order valence-electron chi connectivity index (χ4n) is 2.10. The molecule has 108 valence electrons. The molecule has 0 radical (unpaired) electrons. The maximum absolute atomic E-state index is 5.84. The van der Waals surface area contributed by atoms with Crippen molar-refractivity contribution >= 4 is 9.28 Å². The van der Waals surface area contributed by atoms with Gasteiger partial charge in [-0.25, -0.2) is 0 Å². The highest BCUT2D eigenvalue weighted by Crippen LogP contribution is 2.07. The van der Waals surface area contributed by atoms with E-state index in [0.717, 1.165) is 32.6 Å². The summed E-state index contributed by atoms with van der Waals surface area (Å²) < 4.78 is 11.7. The van der Waals surface area contributed by atoms with Crippen molar-refractivity contribution in [3.05, 3.63) is 35.9 Å². The zero-order chi connectivity index (χ0) is 13.9. The Labute approximate surface area is 119 Å². The summed E-state index contributed by atoms with van der Waals surface area (Å²) in [5.74, 6) is 0. The Balaban J connectivity index is 2.54. The summed E-state index contributed by atoms with van der Waals surface area (Å²) in [6, 6.07) is 10.5. The molecule has 0 saturated carbocycles. The highest BCUT2D eigenvalue weighted by Gasteiger charge is 2.24. The van der Waals surface area contributed by atoms with Gasteiger partial charge < -0.3 is 14.2 Å². The summed E-state index contributed by atoms with van der Waals surface area (Å²) >= 11 is 0. The van der Waals surface area contributed by atoms with Crippen molar-refractivity contribution in [2.45, 2.75) is 45.8 Å². The molecule has 0 heterocycles. The van der Waals surface area contributed by atoms with Crippen LogP contribution in [-0.4, -0.2) is 28.2 Å². The Morgan fingerprint density at radius 2 is 1.68 bits per heavy atom. The fourth-order valence-corrected chi connectivity index (χ4v) is 4.23. The second kappa shape index (κ2) is 10.1. The minimum atomic E-state index is -1.62. The zero-order valence-corrected chi connectivity index (χ0v) is 13.5. The number of hydrogen-bond donors (Lipinski definition) is 1. The van der Waals surface area contributed by atoms with Gasteiger partial charge in [0.1, 0.15) is 0 Å². The van der Waals surface area contributed by atoms with Gasteiger partial charge in [0.05, 0.1) is 0 Å². The first-order valence-corrected chi connectivity index (χ1v) is 8.93. The SMILES string of the molecule is CCCC(NCc1ccccc1)[SiH](OCC)OCC. The maximum Gasteiger partial charge on any atom is 0.338 e. The maximum atomic E-state index is 5.84. The Hall–Kier alpha value is -0.683. The van der Waals surface area contributed by atoms with E-state index in [2.05, 4.69) is 36.5 Å². The Morgan fingerprint density at radius 1 is 1.05 bits per heavy atom. The van der Waals surface area contributed by atoms with Gasteiger partial charge in [0.25, 0.3) is 0 Å². The van der Waals surface area contributed by atoms with Crippen LogP contribution < -0.4 is 5.32 Å². The third kappa shape index (κ3) is 6.34. The Bertz CT molecular complexity index is 315. The molecule has 0 aliphatic carbocycles. The van der Waals surface area contributed by atoms with Crippen LogP contribution in [0.5, 0.6) is 0 Å². The van der Waals surface area contributed by atoms with Crippen molar-refractivity contribution in [3.63, 3.8) is 0 Å². The molecule has 0 aliphatic heterocycles. The largest absolute Gasteiger partial charge is 0.396 e. The zero-order valence-electron chi connectivity index (χ0n) is 12.4. The van der Waals surface area contributed by atoms with Crippen molar-refractivity contribution in [1.29, 1.82) is 0 Å². The first kappa shape index (κ1) is 16.4. The van der Waals surface area contributed by atoms with Gasteiger partial charge in [0, 0.05) is 25.4 Å². The van der Waals surface area contributed by atoms with Crippen LogP contribution in [0.3, 0.4) is 0 Å². The van der Waals surface area contributed by atoms with Crippen LogP contribution in [0.4, 0.5) is 0 Å². The molecule has 1 aromatic carbocycles. The second-order valence-electron chi connectivity index (χ2n) is 4.54. The molecule has 0 aliphatic rings. The second-order valence-corrected chi connectivity index (χ2v) is 6.75. The molecule has 1 N–H and O–H groups in total. The van der Waals surface area contributed by atoms with Crippen molar-refractivity contribution < 1.29 is 8.85 Å². The third-order valence-corrected chi connectivity index (χ3v) is 5.55. The van der Waals surface area contributed by atoms with E-state index in [1.807, 2.05) is 19.9 Å². The lowest BCUT2D eigenvalue weighted by atomic mass is 10.2. The monoisotopic (exact) mass is 281 g/mol. The average molecular weight is 281 g/mol. The van der Waals surface area contributed by atoms with E-state index in [1.165, 1.54) is 5.56 Å². The van der Waals surface area contributed by atoms with Crippen LogP contribution >= 0.6 is 0 Å². The smallest absolute Gasteiger partial charge is 0.338 e. The summed E-state index contributed by atoms with van der Waals surface area (Å²) in [5, 5.41) is 3.62. The Morgan fingerprint density at radius 3 is 2.21 bits per heavy atom. The average Bonchev–Trinajstić information content (AvgIpc) is 2.44. The predicted octanol–water partition coefficient (Wildman–Crippen LogP) is 2.78. The van der Waals surface area contributed by atoms with Gasteiger partial charge in [-0.05, 0) is 25.8 Å². The van der Waals surface area contributed by atoms with Gasteiger partial charge >= 0.3 is 9.28 Å². The normalized spacial score (nSPS) is 12.8. The molecule has 1 rings (SSSR count). The van der Waals surface area contributed by atoms with Crippen LogP contribution in [0.2, 0.25) is 0 Å². The highest BCUT2D eigenvalue weighted by molar-refractivity contribution is 6.46. The fraction of sp³-hybridized carbons (Fsp3) is 0.600. The summed E-state index contributed by atoms with van der Waals surface area (Å²) in [6.07, 6.45) is 2.26. The first-order chi connectivity index (χ1) is 9.31. The van der Waals surface area contributed by atoms with Crippen molar-refractivity contribution in [3.8, 4) is 0 Å². The lowest BCUT2D eigenvalue weighted by Gasteiger charge is -2.25. The van der Waals surface area contributed by atoms with Crippen LogP contribution in [0.25, 0.3) is 0 Å². The van der Waals surface area contributed by atoms with Gasteiger partial charge in [0.15, 0.2) is 0 Å². The molecule has 0 saturated heterocycles. The molecule has 0 aromatic heterocycles. The number of nitrogens with one attached hydrogen (secondary N) is 1. The van der Waals surface area contributed by atoms with E-state index in [9.17, 15) is 0 Å². The molecular weight excluding hydrogens is 254 g/mol. The number of hydrogen-bond acceptors (Lipinski definition) is 3. The van der Waals surface area contributed by atoms with Gasteiger partial charge in [-0.2, -0.15) is 0 Å². The molecule has 0 bridgehead atoms. The van der Waals surface area contributed by atoms with E-state index < -0.39 is 9.28 Å². The van der Waals surface area contributed by atoms with Crippen LogP contribution in [0.1, 0.15) is 39.2 Å². The van der Waals surface area contributed by atoms with Gasteiger partial charge in [-0.1, -0.05) is 43.7 Å². The molecule has 1 aromatic rings. The first-order valence-electron chi connectivity index (χ1n) is 7.32.